The van der Waals surface area contributed by atoms with Crippen molar-refractivity contribution >= 4 is 12.4 Å². The van der Waals surface area contributed by atoms with E-state index in [2.05, 4.69) is 23.1 Å². The minimum absolute atomic E-state index is 0.657. The van der Waals surface area contributed by atoms with E-state index in [9.17, 15) is 0 Å². The molecule has 0 saturated carbocycles. The van der Waals surface area contributed by atoms with Crippen LogP contribution in [0, 0.1) is 0 Å². The maximum absolute atomic E-state index is 4.09. The van der Waals surface area contributed by atoms with Gasteiger partial charge in [0.15, 0.2) is 0 Å². The normalized spacial score (nSPS) is 28.3. The van der Waals surface area contributed by atoms with E-state index in [1.54, 1.807) is 18.5 Å². The lowest BCUT2D eigenvalue weighted by molar-refractivity contribution is 1.25. The van der Waals surface area contributed by atoms with E-state index in [-0.39, 0.29) is 0 Å². The van der Waals surface area contributed by atoms with Crippen molar-refractivity contribution in [2.24, 2.45) is 9.98 Å². The summed E-state index contributed by atoms with van der Waals surface area (Å²) in [6.45, 7) is 8.10. The third-order valence-corrected chi connectivity index (χ3v) is 1.55. The topological polar surface area (TPSA) is 24.7 Å². The lowest BCUT2D eigenvalue weighted by Crippen LogP contribution is -1.84. The van der Waals surface area contributed by atoms with Crippen molar-refractivity contribution < 1.29 is 0 Å². The van der Waals surface area contributed by atoms with Crippen molar-refractivity contribution in [3.63, 3.8) is 0 Å². The van der Waals surface area contributed by atoms with Gasteiger partial charge in [0.05, 0.1) is 12.2 Å². The quantitative estimate of drug-likeness (QED) is 0.580. The van der Waals surface area contributed by atoms with E-state index in [4.69, 9.17) is 0 Å². The van der Waals surface area contributed by atoms with Gasteiger partial charge >= 0.3 is 0 Å². The van der Waals surface area contributed by atoms with E-state index < -0.39 is 0 Å². The summed E-state index contributed by atoms with van der Waals surface area (Å²) in [5, 5.41) is 0. The number of nitrogens with zero attached hydrogens (tertiary/aromatic N) is 2. The largest absolute Gasteiger partial charge is 0.287 e. The van der Waals surface area contributed by atoms with Crippen LogP contribution in [0.15, 0.2) is 58.7 Å². The van der Waals surface area contributed by atoms with Crippen molar-refractivity contribution in [3.05, 3.63) is 48.7 Å². The highest BCUT2D eigenvalue weighted by molar-refractivity contribution is 6.16. The predicted octanol–water partition coefficient (Wildman–Crippen LogP) is 2.32. The summed E-state index contributed by atoms with van der Waals surface area (Å²) >= 11 is 0. The molecule has 2 heteroatoms. The Bertz CT molecular complexity index is 317. The van der Waals surface area contributed by atoms with Gasteiger partial charge in [0, 0.05) is 12.4 Å². The minimum atomic E-state index is 0.657. The van der Waals surface area contributed by atoms with Crippen LogP contribution in [0.1, 0.15) is 0 Å². The first-order valence-corrected chi connectivity index (χ1v) is 4.05. The van der Waals surface area contributed by atoms with Crippen LogP contribution in [0.4, 0.5) is 0 Å². The summed E-state index contributed by atoms with van der Waals surface area (Å²) in [6.07, 6.45) is 10.9. The van der Waals surface area contributed by atoms with Gasteiger partial charge in [-0.3, -0.25) is 9.98 Å². The SMILES string of the molecule is C=CC1=C/C/N=C\C=N/C(=C)/C=C\1. The average molecular weight is 172 g/mol. The molecule has 1 rings (SSSR count). The van der Waals surface area contributed by atoms with E-state index in [0.29, 0.717) is 12.2 Å². The van der Waals surface area contributed by atoms with Crippen LogP contribution in [0.2, 0.25) is 0 Å². The Labute approximate surface area is 78.4 Å². The predicted molar refractivity (Wildman–Crippen MR) is 58.4 cm³/mol. The number of rotatable bonds is 1. The van der Waals surface area contributed by atoms with Crippen LogP contribution in [0.25, 0.3) is 0 Å². The summed E-state index contributed by atoms with van der Waals surface area (Å²) in [4.78, 5) is 8.13. The molecule has 0 amide bonds. The Morgan fingerprint density at radius 1 is 1.31 bits per heavy atom. The minimum Gasteiger partial charge on any atom is -0.287 e. The average Bonchev–Trinajstić information content (AvgIpc) is 2.16. The highest BCUT2D eigenvalue weighted by atomic mass is 14.8. The monoisotopic (exact) mass is 172 g/mol. The molecule has 1 aliphatic heterocycles. The van der Waals surface area contributed by atoms with E-state index >= 15 is 0 Å². The van der Waals surface area contributed by atoms with Gasteiger partial charge in [-0.2, -0.15) is 0 Å². The van der Waals surface area contributed by atoms with Crippen LogP contribution in [-0.2, 0) is 0 Å². The van der Waals surface area contributed by atoms with Gasteiger partial charge in [-0.05, 0) is 11.6 Å². The molecule has 66 valence electrons. The molecule has 0 aromatic heterocycles. The fourth-order valence-corrected chi connectivity index (χ4v) is 0.850. The molecule has 13 heavy (non-hydrogen) atoms. The third kappa shape index (κ3) is 3.47. The van der Waals surface area contributed by atoms with E-state index in [1.807, 2.05) is 18.2 Å². The molecule has 0 spiro atoms. The maximum Gasteiger partial charge on any atom is 0.0579 e. The Balaban J connectivity index is 2.86. The molecule has 0 aliphatic carbocycles. The zero-order chi connectivity index (χ0) is 9.52. The first-order valence-electron chi connectivity index (χ1n) is 4.05. The van der Waals surface area contributed by atoms with Gasteiger partial charge in [0.2, 0.25) is 0 Å². The van der Waals surface area contributed by atoms with Crippen molar-refractivity contribution in [3.8, 4) is 0 Å². The zero-order valence-electron chi connectivity index (χ0n) is 7.48. The smallest absolute Gasteiger partial charge is 0.0579 e. The molecule has 1 heterocycles. The lowest BCUT2D eigenvalue weighted by atomic mass is 10.2. The molecule has 0 fully saturated rings. The Morgan fingerprint density at radius 3 is 2.92 bits per heavy atom. The van der Waals surface area contributed by atoms with Crippen LogP contribution in [0.5, 0.6) is 0 Å². The lowest BCUT2D eigenvalue weighted by Gasteiger charge is -1.94. The Morgan fingerprint density at radius 2 is 2.15 bits per heavy atom. The van der Waals surface area contributed by atoms with Crippen molar-refractivity contribution in [1.82, 2.24) is 0 Å². The number of aliphatic imine (C=N–C) groups is 2. The standard InChI is InChI=1S/C11H12N2/c1-3-11-5-4-10(2)13-9-8-12-7-6-11/h3-6,8-9H,1-2,7H2/b5-4-,11-6-,12-8-,13-9-. The zero-order valence-corrected chi connectivity index (χ0v) is 7.48. The summed E-state index contributed by atoms with van der Waals surface area (Å²) < 4.78 is 0. The van der Waals surface area contributed by atoms with Crippen LogP contribution < -0.4 is 0 Å². The van der Waals surface area contributed by atoms with Gasteiger partial charge in [-0.1, -0.05) is 31.4 Å². The van der Waals surface area contributed by atoms with Gasteiger partial charge in [0.25, 0.3) is 0 Å². The summed E-state index contributed by atoms with van der Waals surface area (Å²) in [5.41, 5.74) is 1.75. The van der Waals surface area contributed by atoms with Crippen LogP contribution in [-0.4, -0.2) is 19.0 Å². The molecule has 0 unspecified atom stereocenters. The molecule has 0 aromatic carbocycles. The summed E-state index contributed by atoms with van der Waals surface area (Å²) in [5.74, 6) is 0. The van der Waals surface area contributed by atoms with Crippen molar-refractivity contribution in [2.75, 3.05) is 6.54 Å². The fourth-order valence-electron chi connectivity index (χ4n) is 0.850. The molecule has 0 atom stereocenters. The van der Waals surface area contributed by atoms with Crippen molar-refractivity contribution in [1.29, 1.82) is 0 Å². The Hall–Kier alpha value is -1.70. The van der Waals surface area contributed by atoms with E-state index in [1.165, 1.54) is 0 Å². The van der Waals surface area contributed by atoms with E-state index in [0.717, 1.165) is 5.57 Å². The molecule has 1 aliphatic rings. The molecule has 0 bridgehead atoms. The Kier molecular flexibility index (Phi) is 3.64. The van der Waals surface area contributed by atoms with Gasteiger partial charge in [-0.15, -0.1) is 0 Å². The maximum atomic E-state index is 4.09. The number of allylic oxidation sites excluding steroid dienone is 4. The number of hydrogen-bond donors (Lipinski definition) is 0. The highest BCUT2D eigenvalue weighted by Gasteiger charge is 1.86. The van der Waals surface area contributed by atoms with Gasteiger partial charge in [0.1, 0.15) is 0 Å². The second kappa shape index (κ2) is 5.04. The molecule has 0 saturated heterocycles. The molecule has 0 aromatic rings. The van der Waals surface area contributed by atoms with Crippen LogP contribution in [0.3, 0.4) is 0 Å². The van der Waals surface area contributed by atoms with Gasteiger partial charge < -0.3 is 0 Å². The molecular weight excluding hydrogens is 160 g/mol. The molecule has 0 radical (unpaired) electrons. The van der Waals surface area contributed by atoms with Gasteiger partial charge in [-0.25, -0.2) is 0 Å². The second-order valence-corrected chi connectivity index (χ2v) is 2.53. The summed E-state index contributed by atoms with van der Waals surface area (Å²) in [7, 11) is 0. The van der Waals surface area contributed by atoms with Crippen molar-refractivity contribution in [2.45, 2.75) is 0 Å². The number of hydrogen-bond acceptors (Lipinski definition) is 2. The molecular formula is C11H12N2. The third-order valence-electron chi connectivity index (χ3n) is 1.55. The summed E-state index contributed by atoms with van der Waals surface area (Å²) in [6, 6.07) is 0. The molecule has 2 nitrogen and oxygen atoms in total. The highest BCUT2D eigenvalue weighted by Crippen LogP contribution is 2.03. The second-order valence-electron chi connectivity index (χ2n) is 2.53. The fraction of sp³-hybridized carbons (Fsp3) is 0.0909. The first-order chi connectivity index (χ1) is 6.33. The first kappa shape index (κ1) is 9.39. The molecule has 0 N–H and O–H groups in total. The van der Waals surface area contributed by atoms with Crippen LogP contribution >= 0.6 is 0 Å².